The Morgan fingerprint density at radius 2 is 2.03 bits per heavy atom. The van der Waals surface area contributed by atoms with Gasteiger partial charge in [0.05, 0.1) is 12.5 Å². The lowest BCUT2D eigenvalue weighted by atomic mass is 9.92. The summed E-state index contributed by atoms with van der Waals surface area (Å²) in [6.07, 6.45) is 6.91. The number of carbonyl (C=O) groups is 2. The number of aromatic nitrogens is 2. The molecule has 1 aromatic rings. The zero-order chi connectivity index (χ0) is 24.0. The van der Waals surface area contributed by atoms with Crippen LogP contribution in [-0.2, 0) is 9.59 Å². The molecule has 0 unspecified atom stereocenters. The van der Waals surface area contributed by atoms with E-state index < -0.39 is 17.6 Å². The minimum Gasteiger partial charge on any atom is -0.352 e. The van der Waals surface area contributed by atoms with Gasteiger partial charge in [-0.1, -0.05) is 25.7 Å². The fourth-order valence-corrected chi connectivity index (χ4v) is 4.84. The number of nitrogens with zero attached hydrogens (tertiary/aromatic N) is 5. The summed E-state index contributed by atoms with van der Waals surface area (Å²) in [5.74, 6) is -1.63. The van der Waals surface area contributed by atoms with E-state index in [0.717, 1.165) is 38.5 Å². The van der Waals surface area contributed by atoms with Gasteiger partial charge in [-0.15, -0.1) is 0 Å². The number of amides is 2. The van der Waals surface area contributed by atoms with Crippen molar-refractivity contribution in [2.45, 2.75) is 51.0 Å². The Hall–Kier alpha value is -2.24. The topological polar surface area (TPSA) is 114 Å². The molecule has 1 aromatic heterocycles. The van der Waals surface area contributed by atoms with E-state index in [4.69, 9.17) is 11.6 Å². The second kappa shape index (κ2) is 11.8. The highest BCUT2D eigenvalue weighted by atomic mass is 35.5. The lowest BCUT2D eigenvalue weighted by Gasteiger charge is -2.37. The summed E-state index contributed by atoms with van der Waals surface area (Å²) in [6, 6.07) is 0.263. The van der Waals surface area contributed by atoms with Crippen LogP contribution in [0.3, 0.4) is 0 Å². The monoisotopic (exact) mass is 485 g/mol. The lowest BCUT2D eigenvalue weighted by Crippen LogP contribution is -2.46. The molecule has 0 aromatic carbocycles. The molecule has 2 aliphatic rings. The van der Waals surface area contributed by atoms with Gasteiger partial charge in [0.1, 0.15) is 0 Å². The smallest absolute Gasteiger partial charge is 0.243 e. The number of piperidine rings is 1. The molecule has 2 fully saturated rings. The number of halogens is 2. The Bertz CT molecular complexity index is 825. The second-order valence-corrected chi connectivity index (χ2v) is 9.45. The quantitative estimate of drug-likeness (QED) is 0.200. The third-order valence-corrected chi connectivity index (χ3v) is 6.70. The van der Waals surface area contributed by atoms with E-state index in [1.165, 1.54) is 0 Å². The minimum atomic E-state index is -0.705. The summed E-state index contributed by atoms with van der Waals surface area (Å²) in [6.45, 7) is 1.10. The van der Waals surface area contributed by atoms with E-state index in [-0.39, 0.29) is 35.9 Å². The number of hydrogen-bond acceptors (Lipinski definition) is 8. The van der Waals surface area contributed by atoms with Gasteiger partial charge >= 0.3 is 0 Å². The van der Waals surface area contributed by atoms with Gasteiger partial charge in [-0.2, -0.15) is 14.4 Å². The van der Waals surface area contributed by atoms with Gasteiger partial charge in [0, 0.05) is 19.1 Å². The van der Waals surface area contributed by atoms with Crippen LogP contribution < -0.4 is 15.8 Å². The highest BCUT2D eigenvalue weighted by Gasteiger charge is 2.29. The standard InChI is InChI=1S/C21H33ClFN7O3/c1-28(2)16-8-5-9-29(12-16)19-17(23)18(24-21(22)25-19)26-27-20(32)15(11-30(33)13-31)10-14-6-3-4-7-14/h13-16,33H,3-12H2,1-2H3,(H,27,32)(H,24,25,26)/t15-,16+/m0/s1. The third-order valence-electron chi connectivity index (χ3n) is 6.53. The zero-order valence-corrected chi connectivity index (χ0v) is 19.9. The summed E-state index contributed by atoms with van der Waals surface area (Å²) in [4.78, 5) is 35.6. The molecule has 0 bridgehead atoms. The molecule has 184 valence electrons. The molecule has 2 atom stereocenters. The van der Waals surface area contributed by atoms with Crippen LogP contribution in [0.15, 0.2) is 0 Å². The molecule has 33 heavy (non-hydrogen) atoms. The van der Waals surface area contributed by atoms with Crippen LogP contribution >= 0.6 is 11.6 Å². The number of nitrogens with one attached hydrogen (secondary N) is 2. The molecule has 1 aliphatic carbocycles. The average Bonchev–Trinajstić information content (AvgIpc) is 3.31. The van der Waals surface area contributed by atoms with Gasteiger partial charge in [0.15, 0.2) is 11.6 Å². The first kappa shape index (κ1) is 25.4. The van der Waals surface area contributed by atoms with Crippen LogP contribution in [0.1, 0.15) is 44.9 Å². The Labute approximate surface area is 198 Å². The van der Waals surface area contributed by atoms with Crippen molar-refractivity contribution >= 4 is 35.6 Å². The van der Waals surface area contributed by atoms with E-state index in [9.17, 15) is 14.8 Å². The number of hydrogen-bond donors (Lipinski definition) is 3. The fourth-order valence-electron chi connectivity index (χ4n) is 4.67. The first-order valence-electron chi connectivity index (χ1n) is 11.4. The minimum absolute atomic E-state index is 0.0864. The van der Waals surface area contributed by atoms with Crippen molar-refractivity contribution in [3.05, 3.63) is 11.1 Å². The second-order valence-electron chi connectivity index (χ2n) is 9.11. The number of likely N-dealkylation sites (N-methyl/N-ethyl adjacent to an activating group) is 1. The van der Waals surface area contributed by atoms with E-state index >= 15 is 4.39 Å². The number of rotatable bonds is 10. The Morgan fingerprint density at radius 3 is 2.70 bits per heavy atom. The summed E-state index contributed by atoms with van der Waals surface area (Å²) < 4.78 is 15.3. The summed E-state index contributed by atoms with van der Waals surface area (Å²) in [7, 11) is 3.97. The maximum absolute atomic E-state index is 15.3. The van der Waals surface area contributed by atoms with Crippen LogP contribution in [0.2, 0.25) is 5.28 Å². The average molecular weight is 486 g/mol. The number of anilines is 2. The normalized spacial score (nSPS) is 20.1. The summed E-state index contributed by atoms with van der Waals surface area (Å²) in [5, 5.41) is 9.93. The molecule has 1 saturated carbocycles. The zero-order valence-electron chi connectivity index (χ0n) is 19.1. The van der Waals surface area contributed by atoms with E-state index in [0.29, 0.717) is 30.5 Å². The van der Waals surface area contributed by atoms with Crippen molar-refractivity contribution < 1.29 is 19.2 Å². The summed E-state index contributed by atoms with van der Waals surface area (Å²) >= 11 is 6.06. The van der Waals surface area contributed by atoms with E-state index in [1.54, 1.807) is 0 Å². The van der Waals surface area contributed by atoms with Gasteiger partial charge in [-0.3, -0.25) is 25.6 Å². The van der Waals surface area contributed by atoms with Crippen LogP contribution in [0, 0.1) is 17.7 Å². The molecule has 0 spiro atoms. The van der Waals surface area contributed by atoms with Crippen LogP contribution in [0.25, 0.3) is 0 Å². The van der Waals surface area contributed by atoms with Crippen molar-refractivity contribution in [2.75, 3.05) is 44.1 Å². The molecular weight excluding hydrogens is 453 g/mol. The first-order valence-corrected chi connectivity index (χ1v) is 11.8. The lowest BCUT2D eigenvalue weighted by molar-refractivity contribution is -0.154. The number of hydrazine groups is 1. The van der Waals surface area contributed by atoms with E-state index in [1.807, 2.05) is 19.0 Å². The molecule has 3 rings (SSSR count). The van der Waals surface area contributed by atoms with Gasteiger partial charge in [0.25, 0.3) is 0 Å². The van der Waals surface area contributed by atoms with Crippen LogP contribution in [-0.4, -0.2) is 77.2 Å². The molecule has 1 saturated heterocycles. The van der Waals surface area contributed by atoms with E-state index in [2.05, 4.69) is 25.7 Å². The highest BCUT2D eigenvalue weighted by molar-refractivity contribution is 6.28. The maximum atomic E-state index is 15.3. The molecule has 12 heteroatoms. The van der Waals surface area contributed by atoms with Gasteiger partial charge in [0.2, 0.25) is 23.4 Å². The maximum Gasteiger partial charge on any atom is 0.243 e. The summed E-state index contributed by atoms with van der Waals surface area (Å²) in [5.41, 5.74) is 5.00. The Morgan fingerprint density at radius 1 is 1.30 bits per heavy atom. The third kappa shape index (κ3) is 6.87. The molecule has 0 radical (unpaired) electrons. The predicted octanol–water partition coefficient (Wildman–Crippen LogP) is 2.29. The number of carbonyl (C=O) groups excluding carboxylic acids is 2. The largest absolute Gasteiger partial charge is 0.352 e. The Balaban J connectivity index is 1.69. The predicted molar refractivity (Wildman–Crippen MR) is 122 cm³/mol. The first-order chi connectivity index (χ1) is 15.8. The van der Waals surface area contributed by atoms with Crippen molar-refractivity contribution in [3.8, 4) is 0 Å². The SMILES string of the molecule is CN(C)[C@@H]1CCCN(c2nc(Cl)nc(NNC(=O)[C@@H](CC3CCCC3)CN(O)C=O)c2F)C1. The van der Waals surface area contributed by atoms with Crippen molar-refractivity contribution in [3.63, 3.8) is 0 Å². The van der Waals surface area contributed by atoms with Crippen LogP contribution in [0.4, 0.5) is 16.0 Å². The highest BCUT2D eigenvalue weighted by Crippen LogP contribution is 2.31. The molecule has 2 heterocycles. The van der Waals surface area contributed by atoms with Crippen LogP contribution in [0.5, 0.6) is 0 Å². The van der Waals surface area contributed by atoms with Crippen molar-refractivity contribution in [2.24, 2.45) is 11.8 Å². The van der Waals surface area contributed by atoms with Gasteiger partial charge in [-0.05, 0) is 50.9 Å². The molecular formula is C21H33ClFN7O3. The molecule has 10 nitrogen and oxygen atoms in total. The van der Waals surface area contributed by atoms with Gasteiger partial charge < -0.3 is 9.80 Å². The fraction of sp³-hybridized carbons (Fsp3) is 0.714. The molecule has 3 N–H and O–H groups in total. The number of hydroxylamine groups is 2. The molecule has 1 aliphatic heterocycles. The van der Waals surface area contributed by atoms with Crippen molar-refractivity contribution in [1.82, 2.24) is 25.4 Å². The Kier molecular flexibility index (Phi) is 9.04. The van der Waals surface area contributed by atoms with Gasteiger partial charge in [-0.25, -0.2) is 5.06 Å². The molecule has 2 amide bonds. The van der Waals surface area contributed by atoms with Crippen molar-refractivity contribution in [1.29, 1.82) is 0 Å².